The molecule has 8 heteroatoms. The quantitative estimate of drug-likeness (QED) is 0.796. The summed E-state index contributed by atoms with van der Waals surface area (Å²) in [5.41, 5.74) is 1.93. The number of amides is 3. The molecule has 0 unspecified atom stereocenters. The number of imide groups is 1. The van der Waals surface area contributed by atoms with Crippen LogP contribution in [0.4, 0.5) is 14.9 Å². The van der Waals surface area contributed by atoms with Gasteiger partial charge in [0, 0.05) is 5.69 Å². The molecule has 3 amide bonds. The molecule has 0 aliphatic carbocycles. The van der Waals surface area contributed by atoms with Crippen molar-refractivity contribution in [2.24, 2.45) is 0 Å². The fraction of sp³-hybridized carbons (Fsp3) is 0.167. The second-order valence-electron chi connectivity index (χ2n) is 5.49. The monoisotopic (exact) mass is 378 g/mol. The van der Waals surface area contributed by atoms with E-state index in [1.807, 2.05) is 31.3 Å². The predicted molar refractivity (Wildman–Crippen MR) is 94.8 cm³/mol. The van der Waals surface area contributed by atoms with Crippen molar-refractivity contribution in [2.75, 3.05) is 11.9 Å². The van der Waals surface area contributed by atoms with Gasteiger partial charge in [0.25, 0.3) is 5.91 Å². The summed E-state index contributed by atoms with van der Waals surface area (Å²) in [6.45, 7) is 2.96. The molecule has 0 radical (unpaired) electrons. The highest BCUT2D eigenvalue weighted by atomic mass is 35.5. The molecule has 2 aromatic carbocycles. The van der Waals surface area contributed by atoms with Gasteiger partial charge in [-0.3, -0.25) is 10.1 Å². The van der Waals surface area contributed by atoms with Crippen molar-refractivity contribution in [3.05, 3.63) is 63.9 Å². The molecule has 0 aliphatic rings. The number of nitrogens with one attached hydrogen (secondary N) is 2. The van der Waals surface area contributed by atoms with Crippen LogP contribution in [-0.4, -0.2) is 24.5 Å². The lowest BCUT2D eigenvalue weighted by molar-refractivity contribution is -0.123. The van der Waals surface area contributed by atoms with Crippen molar-refractivity contribution >= 4 is 35.2 Å². The zero-order chi connectivity index (χ0) is 19.3. The number of ether oxygens (including phenoxy) is 1. The molecule has 6 nitrogen and oxygen atoms in total. The normalized spacial score (nSPS) is 10.2. The number of hydrogen-bond donors (Lipinski definition) is 2. The van der Waals surface area contributed by atoms with Crippen LogP contribution in [0, 0.1) is 19.7 Å². The highest BCUT2D eigenvalue weighted by molar-refractivity contribution is 6.33. The third kappa shape index (κ3) is 5.03. The Balaban J connectivity index is 1.88. The van der Waals surface area contributed by atoms with Gasteiger partial charge < -0.3 is 10.1 Å². The summed E-state index contributed by atoms with van der Waals surface area (Å²) in [6.07, 6.45) is 0. The largest absolute Gasteiger partial charge is 0.452 e. The van der Waals surface area contributed by atoms with Crippen LogP contribution in [0.1, 0.15) is 21.5 Å². The zero-order valence-corrected chi connectivity index (χ0v) is 14.8. The summed E-state index contributed by atoms with van der Waals surface area (Å²) >= 11 is 5.73. The molecule has 0 aliphatic heterocycles. The molecule has 0 aromatic heterocycles. The fourth-order valence-corrected chi connectivity index (χ4v) is 2.41. The predicted octanol–water partition coefficient (Wildman–Crippen LogP) is 3.60. The van der Waals surface area contributed by atoms with Crippen molar-refractivity contribution in [2.45, 2.75) is 13.8 Å². The number of aryl methyl sites for hydroxylation is 2. The van der Waals surface area contributed by atoms with E-state index in [4.69, 9.17) is 11.6 Å². The lowest BCUT2D eigenvalue weighted by Gasteiger charge is -2.10. The first-order valence-electron chi connectivity index (χ1n) is 7.57. The van der Waals surface area contributed by atoms with E-state index in [1.165, 1.54) is 12.1 Å². The van der Waals surface area contributed by atoms with Crippen LogP contribution in [0.3, 0.4) is 0 Å². The minimum absolute atomic E-state index is 0.136. The molecule has 0 fully saturated rings. The maximum absolute atomic E-state index is 13.6. The zero-order valence-electron chi connectivity index (χ0n) is 14.1. The maximum atomic E-state index is 13.6. The van der Waals surface area contributed by atoms with Crippen molar-refractivity contribution in [3.63, 3.8) is 0 Å². The molecular weight excluding hydrogens is 363 g/mol. The molecule has 0 heterocycles. The van der Waals surface area contributed by atoms with E-state index in [0.29, 0.717) is 5.69 Å². The smallest absolute Gasteiger partial charge is 0.343 e. The number of anilines is 1. The van der Waals surface area contributed by atoms with Gasteiger partial charge in [-0.1, -0.05) is 35.4 Å². The van der Waals surface area contributed by atoms with Crippen LogP contribution in [0.15, 0.2) is 36.4 Å². The Bertz CT molecular complexity index is 850. The first kappa shape index (κ1) is 19.4. The first-order chi connectivity index (χ1) is 12.3. The molecule has 0 saturated carbocycles. The van der Waals surface area contributed by atoms with Crippen molar-refractivity contribution in [1.29, 1.82) is 0 Å². The van der Waals surface area contributed by atoms with Crippen LogP contribution >= 0.6 is 11.6 Å². The Morgan fingerprint density at radius 3 is 2.54 bits per heavy atom. The van der Waals surface area contributed by atoms with Gasteiger partial charge in [0.2, 0.25) is 0 Å². The van der Waals surface area contributed by atoms with E-state index in [-0.39, 0.29) is 5.02 Å². The summed E-state index contributed by atoms with van der Waals surface area (Å²) in [4.78, 5) is 35.3. The Morgan fingerprint density at radius 2 is 1.88 bits per heavy atom. The third-order valence-corrected chi connectivity index (χ3v) is 3.70. The average molecular weight is 379 g/mol. The summed E-state index contributed by atoms with van der Waals surface area (Å²) < 4.78 is 18.3. The van der Waals surface area contributed by atoms with Gasteiger partial charge in [0.1, 0.15) is 11.4 Å². The van der Waals surface area contributed by atoms with Gasteiger partial charge in [-0.05, 0) is 37.6 Å². The number of rotatable bonds is 4. The molecule has 0 bridgehead atoms. The Kier molecular flexibility index (Phi) is 6.30. The molecule has 0 atom stereocenters. The molecular formula is C18H16ClFN2O4. The number of esters is 1. The Labute approximate surface area is 154 Å². The van der Waals surface area contributed by atoms with E-state index in [9.17, 15) is 18.8 Å². The highest BCUT2D eigenvalue weighted by Crippen LogP contribution is 2.19. The lowest BCUT2D eigenvalue weighted by Crippen LogP contribution is -2.37. The molecule has 0 spiro atoms. The number of hydrogen-bond acceptors (Lipinski definition) is 4. The molecule has 136 valence electrons. The minimum atomic E-state index is -1.10. The second kappa shape index (κ2) is 8.44. The SMILES string of the molecule is Cc1ccc(NC(=O)NC(=O)COC(=O)c2c(F)cccc2Cl)c(C)c1. The van der Waals surface area contributed by atoms with E-state index in [0.717, 1.165) is 17.2 Å². The van der Waals surface area contributed by atoms with Crippen LogP contribution in [-0.2, 0) is 9.53 Å². The van der Waals surface area contributed by atoms with Crippen LogP contribution < -0.4 is 10.6 Å². The molecule has 2 rings (SSSR count). The van der Waals surface area contributed by atoms with E-state index >= 15 is 0 Å². The topological polar surface area (TPSA) is 84.5 Å². The molecule has 26 heavy (non-hydrogen) atoms. The second-order valence-corrected chi connectivity index (χ2v) is 5.90. The first-order valence-corrected chi connectivity index (χ1v) is 7.95. The van der Waals surface area contributed by atoms with Gasteiger partial charge in [0.15, 0.2) is 6.61 Å². The lowest BCUT2D eigenvalue weighted by atomic mass is 10.1. The van der Waals surface area contributed by atoms with Crippen molar-refractivity contribution in [1.82, 2.24) is 5.32 Å². The molecule has 2 N–H and O–H groups in total. The van der Waals surface area contributed by atoms with E-state index in [2.05, 4.69) is 10.1 Å². The minimum Gasteiger partial charge on any atom is -0.452 e. The highest BCUT2D eigenvalue weighted by Gasteiger charge is 2.19. The molecule has 2 aromatic rings. The van der Waals surface area contributed by atoms with E-state index < -0.39 is 35.9 Å². The Hall–Kier alpha value is -2.93. The van der Waals surface area contributed by atoms with Crippen molar-refractivity contribution in [3.8, 4) is 0 Å². The summed E-state index contributed by atoms with van der Waals surface area (Å²) in [7, 11) is 0. The molecule has 0 saturated heterocycles. The van der Waals surface area contributed by atoms with Crippen LogP contribution in [0.5, 0.6) is 0 Å². The van der Waals surface area contributed by atoms with Gasteiger partial charge in [-0.2, -0.15) is 0 Å². The van der Waals surface area contributed by atoms with Crippen LogP contribution in [0.25, 0.3) is 0 Å². The number of halogens is 2. The number of benzene rings is 2. The third-order valence-electron chi connectivity index (χ3n) is 3.38. The average Bonchev–Trinajstić information content (AvgIpc) is 2.55. The Morgan fingerprint density at radius 1 is 1.15 bits per heavy atom. The van der Waals surface area contributed by atoms with Gasteiger partial charge in [0.05, 0.1) is 5.02 Å². The number of carbonyl (C=O) groups is 3. The summed E-state index contributed by atoms with van der Waals surface area (Å²) in [5.74, 6) is -2.83. The maximum Gasteiger partial charge on any atom is 0.343 e. The van der Waals surface area contributed by atoms with E-state index in [1.54, 1.807) is 6.07 Å². The standard InChI is InChI=1S/C18H16ClFN2O4/c1-10-6-7-14(11(2)8-10)21-18(25)22-15(23)9-26-17(24)16-12(19)4-3-5-13(16)20/h3-8H,9H2,1-2H3,(H2,21,22,23,25). The summed E-state index contributed by atoms with van der Waals surface area (Å²) in [6, 6.07) is 8.30. The number of carbonyl (C=O) groups excluding carboxylic acids is 3. The summed E-state index contributed by atoms with van der Waals surface area (Å²) in [5, 5.41) is 4.39. The fourth-order valence-electron chi connectivity index (χ4n) is 2.17. The van der Waals surface area contributed by atoms with Crippen molar-refractivity contribution < 1.29 is 23.5 Å². The van der Waals surface area contributed by atoms with Crippen LogP contribution in [0.2, 0.25) is 5.02 Å². The van der Waals surface area contributed by atoms with Gasteiger partial charge in [-0.15, -0.1) is 0 Å². The van der Waals surface area contributed by atoms with Gasteiger partial charge >= 0.3 is 12.0 Å². The number of urea groups is 1. The van der Waals surface area contributed by atoms with Gasteiger partial charge in [-0.25, -0.2) is 14.0 Å².